The second-order valence-electron chi connectivity index (χ2n) is 9.92. The molecule has 1 aliphatic heterocycles. The molecule has 4 aromatic rings. The Hall–Kier alpha value is -3.59. The quantitative estimate of drug-likeness (QED) is 0.216. The van der Waals surface area contributed by atoms with Crippen molar-refractivity contribution in [1.29, 1.82) is 0 Å². The monoisotopic (exact) mass is 623 g/mol. The summed E-state index contributed by atoms with van der Waals surface area (Å²) in [5.41, 5.74) is 5.11. The third-order valence-corrected chi connectivity index (χ3v) is 8.97. The van der Waals surface area contributed by atoms with Crippen molar-refractivity contribution in [2.45, 2.75) is 46.6 Å². The number of halogens is 2. The summed E-state index contributed by atoms with van der Waals surface area (Å²) in [5.74, 6) is 0.0851. The molecule has 1 aliphatic rings. The van der Waals surface area contributed by atoms with E-state index in [4.69, 9.17) is 37.7 Å². The number of benzene rings is 2. The Morgan fingerprint density at radius 3 is 2.55 bits per heavy atom. The highest BCUT2D eigenvalue weighted by atomic mass is 35.5. The lowest BCUT2D eigenvalue weighted by Gasteiger charge is -2.26. The molecule has 0 saturated carbocycles. The lowest BCUT2D eigenvalue weighted by molar-refractivity contribution is -0.139. The zero-order valence-corrected chi connectivity index (χ0v) is 26.4. The molecule has 1 unspecified atom stereocenters. The number of nitrogens with zero attached hydrogens (tertiary/aromatic N) is 3. The fourth-order valence-corrected chi connectivity index (χ4v) is 6.71. The average molecular weight is 625 g/mol. The number of rotatable bonds is 8. The van der Waals surface area contributed by atoms with Crippen molar-refractivity contribution in [3.63, 3.8) is 0 Å². The van der Waals surface area contributed by atoms with Gasteiger partial charge in [0, 0.05) is 22.6 Å². The van der Waals surface area contributed by atoms with Gasteiger partial charge in [-0.1, -0.05) is 66.1 Å². The van der Waals surface area contributed by atoms with Gasteiger partial charge in [0.05, 0.1) is 39.6 Å². The first-order chi connectivity index (χ1) is 20.2. The summed E-state index contributed by atoms with van der Waals surface area (Å²) < 4.78 is 15.3. The van der Waals surface area contributed by atoms with Gasteiger partial charge in [0.1, 0.15) is 11.8 Å². The molecule has 0 fully saturated rings. The van der Waals surface area contributed by atoms with E-state index in [-0.39, 0.29) is 12.2 Å². The van der Waals surface area contributed by atoms with Gasteiger partial charge in [-0.15, -0.1) is 0 Å². The molecule has 218 valence electrons. The molecule has 0 N–H and O–H groups in total. The molecular weight excluding hydrogens is 593 g/mol. The number of carbonyl (C=O) groups excluding carboxylic acids is 1. The lowest BCUT2D eigenvalue weighted by atomic mass is 9.93. The highest BCUT2D eigenvalue weighted by Crippen LogP contribution is 2.37. The van der Waals surface area contributed by atoms with Gasteiger partial charge in [-0.2, -0.15) is 0 Å². The van der Waals surface area contributed by atoms with Crippen LogP contribution in [0.2, 0.25) is 10.0 Å². The Morgan fingerprint density at radius 1 is 1.10 bits per heavy atom. The van der Waals surface area contributed by atoms with Crippen molar-refractivity contribution in [1.82, 2.24) is 9.13 Å². The number of hydrogen-bond acceptors (Lipinski definition) is 6. The zero-order valence-electron chi connectivity index (χ0n) is 24.0. The number of aromatic nitrogens is 2. The van der Waals surface area contributed by atoms with Gasteiger partial charge in [-0.3, -0.25) is 9.36 Å². The van der Waals surface area contributed by atoms with Crippen molar-refractivity contribution in [2.24, 2.45) is 4.99 Å². The number of thiazole rings is 1. The minimum atomic E-state index is -0.746. The van der Waals surface area contributed by atoms with E-state index in [9.17, 15) is 9.59 Å². The zero-order chi connectivity index (χ0) is 30.1. The Balaban J connectivity index is 1.74. The highest BCUT2D eigenvalue weighted by molar-refractivity contribution is 7.07. The second-order valence-corrected chi connectivity index (χ2v) is 11.7. The van der Waals surface area contributed by atoms with E-state index in [0.29, 0.717) is 48.4 Å². The minimum Gasteiger partial charge on any atom is -0.496 e. The van der Waals surface area contributed by atoms with Crippen LogP contribution in [0.3, 0.4) is 0 Å². The summed E-state index contributed by atoms with van der Waals surface area (Å²) in [6, 6.07) is 14.2. The predicted molar refractivity (Wildman–Crippen MR) is 168 cm³/mol. The van der Waals surface area contributed by atoms with Crippen molar-refractivity contribution in [2.75, 3.05) is 13.7 Å². The summed E-state index contributed by atoms with van der Waals surface area (Å²) in [6.07, 6.45) is 3.22. The van der Waals surface area contributed by atoms with E-state index in [2.05, 4.69) is 4.57 Å². The molecule has 2 aromatic heterocycles. The van der Waals surface area contributed by atoms with Gasteiger partial charge in [-0.05, 0) is 69.2 Å². The largest absolute Gasteiger partial charge is 0.496 e. The summed E-state index contributed by atoms with van der Waals surface area (Å²) >= 11 is 13.8. The molecule has 2 aromatic carbocycles. The van der Waals surface area contributed by atoms with Crippen molar-refractivity contribution in [3.05, 3.63) is 112 Å². The first kappa shape index (κ1) is 29.9. The fraction of sp³-hybridized carbons (Fsp3) is 0.281. The molecule has 1 atom stereocenters. The number of carbonyl (C=O) groups is 1. The van der Waals surface area contributed by atoms with Crippen LogP contribution in [0.15, 0.2) is 69.6 Å². The Bertz CT molecular complexity index is 1900. The third kappa shape index (κ3) is 5.35. The first-order valence-corrected chi connectivity index (χ1v) is 15.3. The van der Waals surface area contributed by atoms with Crippen LogP contribution in [0.5, 0.6) is 5.75 Å². The number of ether oxygens (including phenoxy) is 2. The summed E-state index contributed by atoms with van der Waals surface area (Å²) in [6.45, 7) is 7.99. The molecule has 0 amide bonds. The van der Waals surface area contributed by atoms with Crippen LogP contribution in [-0.4, -0.2) is 28.8 Å². The molecule has 0 saturated heterocycles. The number of esters is 1. The molecule has 0 bridgehead atoms. The van der Waals surface area contributed by atoms with E-state index in [1.54, 1.807) is 24.7 Å². The number of allylic oxidation sites excluding steroid dienone is 1. The Kier molecular flexibility index (Phi) is 8.78. The second kappa shape index (κ2) is 12.3. The Labute approximate surface area is 258 Å². The summed E-state index contributed by atoms with van der Waals surface area (Å²) in [4.78, 5) is 33.0. The smallest absolute Gasteiger partial charge is 0.338 e. The highest BCUT2D eigenvalue weighted by Gasteiger charge is 2.35. The maximum Gasteiger partial charge on any atom is 0.338 e. The van der Waals surface area contributed by atoms with Gasteiger partial charge >= 0.3 is 5.97 Å². The molecule has 10 heteroatoms. The van der Waals surface area contributed by atoms with Crippen LogP contribution < -0.4 is 19.6 Å². The molecule has 3 heterocycles. The molecule has 7 nitrogen and oxygen atoms in total. The normalized spacial score (nSPS) is 15.0. The number of aryl methyl sites for hydroxylation is 1. The maximum absolute atomic E-state index is 14.2. The van der Waals surface area contributed by atoms with Gasteiger partial charge in [0.25, 0.3) is 5.56 Å². The summed E-state index contributed by atoms with van der Waals surface area (Å²) in [5, 5.41) is 0.951. The van der Waals surface area contributed by atoms with Crippen LogP contribution in [0.25, 0.3) is 11.8 Å². The van der Waals surface area contributed by atoms with Crippen LogP contribution in [0.1, 0.15) is 55.2 Å². The molecule has 42 heavy (non-hydrogen) atoms. The fourth-order valence-electron chi connectivity index (χ4n) is 5.40. The summed E-state index contributed by atoms with van der Waals surface area (Å²) in [7, 11) is 1.58. The van der Waals surface area contributed by atoms with Crippen LogP contribution >= 0.6 is 34.5 Å². The van der Waals surface area contributed by atoms with Gasteiger partial charge < -0.3 is 14.0 Å². The molecule has 5 rings (SSSR count). The van der Waals surface area contributed by atoms with E-state index in [1.165, 1.54) is 11.3 Å². The van der Waals surface area contributed by atoms with Crippen LogP contribution in [-0.2, 0) is 9.53 Å². The topological polar surface area (TPSA) is 74.8 Å². The van der Waals surface area contributed by atoms with E-state index in [0.717, 1.165) is 29.1 Å². The van der Waals surface area contributed by atoms with Crippen molar-refractivity contribution >= 4 is 46.6 Å². The van der Waals surface area contributed by atoms with Crippen molar-refractivity contribution in [3.8, 4) is 11.4 Å². The number of hydrogen-bond donors (Lipinski definition) is 0. The van der Waals surface area contributed by atoms with Gasteiger partial charge in [-0.25, -0.2) is 9.79 Å². The molecule has 0 spiro atoms. The van der Waals surface area contributed by atoms with E-state index < -0.39 is 12.0 Å². The molecule has 0 radical (unpaired) electrons. The molecule has 0 aliphatic carbocycles. The van der Waals surface area contributed by atoms with Crippen LogP contribution in [0, 0.1) is 13.8 Å². The van der Waals surface area contributed by atoms with Crippen molar-refractivity contribution < 1.29 is 14.3 Å². The Morgan fingerprint density at radius 2 is 1.86 bits per heavy atom. The first-order valence-electron chi connectivity index (χ1n) is 13.7. The predicted octanol–water partition coefficient (Wildman–Crippen LogP) is 6.30. The number of fused-ring (bicyclic) bond motifs is 1. The van der Waals surface area contributed by atoms with Gasteiger partial charge in [0.15, 0.2) is 4.80 Å². The molecular formula is C32H31Cl2N3O4S. The van der Waals surface area contributed by atoms with Gasteiger partial charge in [0.2, 0.25) is 0 Å². The minimum absolute atomic E-state index is 0.208. The number of methoxy groups -OCH3 is 1. The third-order valence-electron chi connectivity index (χ3n) is 7.24. The standard InChI is InChI=1S/C32H31Cl2N3O4S/c1-6-10-25-28(31(39)41-7-2)29(22-11-8-9-12-26(22)40-5)37-30(38)27(42-32(37)35-25)16-20-15-18(3)36(19(20)4)21-13-14-23(33)24(34)17-21/h8-9,11-17,29H,6-7,10H2,1-5H3/b27-16+. The maximum atomic E-state index is 14.2. The van der Waals surface area contributed by atoms with E-state index in [1.807, 2.05) is 69.3 Å². The SMILES string of the molecule is CCCC1=C(C(=O)OCC)C(c2ccccc2OC)n2c(s/c(=C/c3cc(C)n(-c4ccc(Cl)c(Cl)c4)c3C)c2=O)=N1. The average Bonchev–Trinajstić information content (AvgIpc) is 3.43. The van der Waals surface area contributed by atoms with Crippen LogP contribution in [0.4, 0.5) is 0 Å². The van der Waals surface area contributed by atoms with E-state index >= 15 is 0 Å². The number of para-hydroxylation sites is 1. The lowest BCUT2D eigenvalue weighted by Crippen LogP contribution is -2.40.